The Morgan fingerprint density at radius 3 is 2.24 bits per heavy atom. The van der Waals surface area contributed by atoms with Gasteiger partial charge in [0, 0.05) is 17.8 Å². The van der Waals surface area contributed by atoms with Crippen molar-refractivity contribution < 1.29 is 0 Å². The van der Waals surface area contributed by atoms with Crippen LogP contribution in [-0.2, 0) is 12.0 Å². The average Bonchev–Trinajstić information content (AvgIpc) is 2.71. The van der Waals surface area contributed by atoms with Crippen LogP contribution in [0.3, 0.4) is 0 Å². The smallest absolute Gasteiger partial charge is 0.0649 e. The minimum atomic E-state index is 0.184. The molecule has 21 heavy (non-hydrogen) atoms. The first kappa shape index (κ1) is 15.8. The summed E-state index contributed by atoms with van der Waals surface area (Å²) >= 11 is 0. The number of benzene rings is 1. The van der Waals surface area contributed by atoms with Crippen LogP contribution in [0.1, 0.15) is 50.2 Å². The predicted octanol–water partition coefficient (Wildman–Crippen LogP) is 3.90. The van der Waals surface area contributed by atoms with Gasteiger partial charge in [-0.15, -0.1) is 0 Å². The van der Waals surface area contributed by atoms with Crippen LogP contribution < -0.4 is 5.32 Å². The van der Waals surface area contributed by atoms with Gasteiger partial charge in [-0.25, -0.2) is 4.68 Å². The van der Waals surface area contributed by atoms with Crippen LogP contribution in [0.4, 0.5) is 0 Å². The van der Waals surface area contributed by atoms with E-state index in [0.29, 0.717) is 0 Å². The fraction of sp³-hybridized carbons (Fsp3) is 0.500. The van der Waals surface area contributed by atoms with Crippen molar-refractivity contribution in [3.8, 4) is 5.69 Å². The molecule has 2 aromatic rings. The zero-order chi connectivity index (χ0) is 15.6. The highest BCUT2D eigenvalue weighted by Crippen LogP contribution is 2.24. The molecule has 0 fully saturated rings. The summed E-state index contributed by atoms with van der Waals surface area (Å²) in [7, 11) is 0. The first-order valence-corrected chi connectivity index (χ1v) is 7.71. The van der Waals surface area contributed by atoms with Crippen LogP contribution in [0.2, 0.25) is 0 Å². The summed E-state index contributed by atoms with van der Waals surface area (Å²) in [4.78, 5) is 0. The minimum absolute atomic E-state index is 0.184. The lowest BCUT2D eigenvalue weighted by molar-refractivity contribution is 0.590. The molecule has 0 unspecified atom stereocenters. The maximum atomic E-state index is 4.70. The fourth-order valence-corrected chi connectivity index (χ4v) is 2.53. The second-order valence-corrected chi connectivity index (χ2v) is 6.64. The van der Waals surface area contributed by atoms with Crippen molar-refractivity contribution in [3.05, 3.63) is 46.8 Å². The Labute approximate surface area is 128 Å². The molecular formula is C18H27N3. The van der Waals surface area contributed by atoms with Gasteiger partial charge in [0.2, 0.25) is 0 Å². The SMILES string of the molecule is CCNCc1c(C)nn(-c2ccc(C(C)(C)C)cc2)c1C. The Morgan fingerprint density at radius 1 is 1.10 bits per heavy atom. The van der Waals surface area contributed by atoms with Gasteiger partial charge in [0.1, 0.15) is 0 Å². The monoisotopic (exact) mass is 285 g/mol. The Morgan fingerprint density at radius 2 is 1.71 bits per heavy atom. The van der Waals surface area contributed by atoms with Crippen LogP contribution in [0, 0.1) is 13.8 Å². The topological polar surface area (TPSA) is 29.9 Å². The van der Waals surface area contributed by atoms with E-state index in [9.17, 15) is 0 Å². The van der Waals surface area contributed by atoms with E-state index in [-0.39, 0.29) is 5.41 Å². The number of hydrogen-bond acceptors (Lipinski definition) is 2. The van der Waals surface area contributed by atoms with Gasteiger partial charge in [-0.1, -0.05) is 39.8 Å². The molecule has 0 saturated carbocycles. The third-order valence-electron chi connectivity index (χ3n) is 3.97. The lowest BCUT2D eigenvalue weighted by Crippen LogP contribution is -2.13. The highest BCUT2D eigenvalue weighted by molar-refractivity contribution is 5.40. The van der Waals surface area contributed by atoms with Gasteiger partial charge in [0.25, 0.3) is 0 Å². The molecule has 0 saturated heterocycles. The molecule has 114 valence electrons. The molecule has 1 aromatic heterocycles. The molecule has 3 nitrogen and oxygen atoms in total. The molecule has 0 spiro atoms. The van der Waals surface area contributed by atoms with Gasteiger partial charge in [0.15, 0.2) is 0 Å². The molecule has 1 aromatic carbocycles. The highest BCUT2D eigenvalue weighted by Gasteiger charge is 2.15. The number of hydrogen-bond donors (Lipinski definition) is 1. The summed E-state index contributed by atoms with van der Waals surface area (Å²) in [5.74, 6) is 0. The number of nitrogens with zero attached hydrogens (tertiary/aromatic N) is 2. The first-order valence-electron chi connectivity index (χ1n) is 7.71. The van der Waals surface area contributed by atoms with Crippen LogP contribution >= 0.6 is 0 Å². The summed E-state index contributed by atoms with van der Waals surface area (Å²) in [6.45, 7) is 14.9. The van der Waals surface area contributed by atoms with Crippen molar-refractivity contribution in [1.82, 2.24) is 15.1 Å². The molecular weight excluding hydrogens is 258 g/mol. The van der Waals surface area contributed by atoms with E-state index in [0.717, 1.165) is 24.5 Å². The van der Waals surface area contributed by atoms with Gasteiger partial charge in [0.05, 0.1) is 11.4 Å². The standard InChI is InChI=1S/C18H27N3/c1-7-19-12-17-13(2)20-21(14(17)3)16-10-8-15(9-11-16)18(4,5)6/h8-11,19H,7,12H2,1-6H3. The number of rotatable bonds is 4. The Kier molecular flexibility index (Phi) is 4.52. The van der Waals surface area contributed by atoms with Crippen LogP contribution in [0.5, 0.6) is 0 Å². The molecule has 0 atom stereocenters. The van der Waals surface area contributed by atoms with Crippen LogP contribution in [0.25, 0.3) is 5.69 Å². The maximum Gasteiger partial charge on any atom is 0.0649 e. The molecule has 3 heteroatoms. The highest BCUT2D eigenvalue weighted by atomic mass is 15.3. The van der Waals surface area contributed by atoms with Gasteiger partial charge in [-0.05, 0) is 43.5 Å². The third-order valence-corrected chi connectivity index (χ3v) is 3.97. The zero-order valence-electron chi connectivity index (χ0n) is 14.1. The summed E-state index contributed by atoms with van der Waals surface area (Å²) in [5.41, 5.74) is 6.29. The quantitative estimate of drug-likeness (QED) is 0.923. The van der Waals surface area contributed by atoms with E-state index in [4.69, 9.17) is 5.10 Å². The second-order valence-electron chi connectivity index (χ2n) is 6.64. The molecule has 0 bridgehead atoms. The van der Waals surface area contributed by atoms with Gasteiger partial charge >= 0.3 is 0 Å². The lowest BCUT2D eigenvalue weighted by Gasteiger charge is -2.19. The summed E-state index contributed by atoms with van der Waals surface area (Å²) in [6, 6.07) is 8.74. The maximum absolute atomic E-state index is 4.70. The summed E-state index contributed by atoms with van der Waals surface area (Å²) in [6.07, 6.45) is 0. The van der Waals surface area contributed by atoms with Crippen molar-refractivity contribution in [2.75, 3.05) is 6.54 Å². The Bertz CT molecular complexity index is 601. The van der Waals surface area contributed by atoms with Crippen molar-refractivity contribution >= 4 is 0 Å². The van der Waals surface area contributed by atoms with Gasteiger partial charge in [-0.3, -0.25) is 0 Å². The first-order chi connectivity index (χ1) is 9.84. The predicted molar refractivity (Wildman–Crippen MR) is 89.1 cm³/mol. The van der Waals surface area contributed by atoms with E-state index in [1.165, 1.54) is 16.8 Å². The molecule has 0 aliphatic heterocycles. The molecule has 2 rings (SSSR count). The van der Waals surface area contributed by atoms with Gasteiger partial charge in [-0.2, -0.15) is 5.10 Å². The number of nitrogens with one attached hydrogen (secondary N) is 1. The Hall–Kier alpha value is -1.61. The molecule has 0 radical (unpaired) electrons. The van der Waals surface area contributed by atoms with E-state index in [2.05, 4.69) is 75.8 Å². The molecule has 0 amide bonds. The molecule has 0 aliphatic carbocycles. The van der Waals surface area contributed by atoms with E-state index < -0.39 is 0 Å². The molecule has 1 heterocycles. The normalized spacial score (nSPS) is 11.9. The number of aromatic nitrogens is 2. The second kappa shape index (κ2) is 6.02. The Balaban J connectivity index is 2.34. The van der Waals surface area contributed by atoms with Crippen molar-refractivity contribution in [2.24, 2.45) is 0 Å². The largest absolute Gasteiger partial charge is 0.313 e. The van der Waals surface area contributed by atoms with E-state index in [1.807, 2.05) is 0 Å². The van der Waals surface area contributed by atoms with Gasteiger partial charge < -0.3 is 5.32 Å². The molecule has 1 N–H and O–H groups in total. The summed E-state index contributed by atoms with van der Waals surface area (Å²) < 4.78 is 2.05. The number of aryl methyl sites for hydroxylation is 1. The summed E-state index contributed by atoms with van der Waals surface area (Å²) in [5, 5.41) is 8.09. The zero-order valence-corrected chi connectivity index (χ0v) is 14.1. The fourth-order valence-electron chi connectivity index (χ4n) is 2.53. The van der Waals surface area contributed by atoms with Crippen molar-refractivity contribution in [3.63, 3.8) is 0 Å². The minimum Gasteiger partial charge on any atom is -0.313 e. The van der Waals surface area contributed by atoms with E-state index >= 15 is 0 Å². The molecule has 0 aliphatic rings. The van der Waals surface area contributed by atoms with Crippen molar-refractivity contribution in [2.45, 2.75) is 53.5 Å². The van der Waals surface area contributed by atoms with Crippen LogP contribution in [0.15, 0.2) is 24.3 Å². The van der Waals surface area contributed by atoms with Crippen molar-refractivity contribution in [1.29, 1.82) is 0 Å². The average molecular weight is 285 g/mol. The van der Waals surface area contributed by atoms with Crippen LogP contribution in [-0.4, -0.2) is 16.3 Å². The third kappa shape index (κ3) is 3.35. The van der Waals surface area contributed by atoms with E-state index in [1.54, 1.807) is 0 Å². The lowest BCUT2D eigenvalue weighted by atomic mass is 9.87.